The molecule has 35 heavy (non-hydrogen) atoms. The number of rotatable bonds is 5. The second kappa shape index (κ2) is 8.91. The maximum Gasteiger partial charge on any atom is 0.404 e. The first-order chi connectivity index (χ1) is 16.3. The monoisotopic (exact) mass is 508 g/mol. The maximum absolute atomic E-state index is 14.4. The summed E-state index contributed by atoms with van der Waals surface area (Å²) < 4.78 is 81.8. The lowest BCUT2D eigenvalue weighted by Crippen LogP contribution is -2.43. The van der Waals surface area contributed by atoms with Crippen molar-refractivity contribution in [3.63, 3.8) is 0 Å². The number of fused-ring (bicyclic) bond motifs is 1. The summed E-state index contributed by atoms with van der Waals surface area (Å²) in [6, 6.07) is 4.20. The molecule has 1 atom stereocenters. The number of nitrogens with one attached hydrogen (secondary N) is 1. The van der Waals surface area contributed by atoms with Gasteiger partial charge in [0, 0.05) is 17.6 Å². The van der Waals surface area contributed by atoms with E-state index in [4.69, 9.17) is 0 Å². The highest BCUT2D eigenvalue weighted by atomic mass is 32.2. The van der Waals surface area contributed by atoms with Gasteiger partial charge in [0.25, 0.3) is 0 Å². The van der Waals surface area contributed by atoms with Gasteiger partial charge < -0.3 is 4.57 Å². The quantitative estimate of drug-likeness (QED) is 0.450. The first-order valence-electron chi connectivity index (χ1n) is 11.2. The molecule has 4 rings (SSSR count). The lowest BCUT2D eigenvalue weighted by atomic mass is 10.1. The van der Waals surface area contributed by atoms with Gasteiger partial charge >= 0.3 is 6.18 Å². The van der Waals surface area contributed by atoms with Crippen molar-refractivity contribution in [3.8, 4) is 17.5 Å². The molecule has 0 radical (unpaired) electrons. The number of alkyl halides is 3. The number of hydrogen-bond acceptors (Lipinski definition) is 4. The summed E-state index contributed by atoms with van der Waals surface area (Å²) in [5.41, 5.74) is 2.49. The molecule has 1 aliphatic carbocycles. The number of halogens is 4. The molecule has 0 bridgehead atoms. The lowest BCUT2D eigenvalue weighted by Gasteiger charge is -2.20. The van der Waals surface area contributed by atoms with Crippen molar-refractivity contribution in [2.45, 2.75) is 69.6 Å². The second-order valence-corrected chi connectivity index (χ2v) is 10.7. The molecule has 1 aliphatic rings. The van der Waals surface area contributed by atoms with E-state index in [-0.39, 0.29) is 11.6 Å². The summed E-state index contributed by atoms with van der Waals surface area (Å²) in [6.45, 7) is 3.94. The minimum atomic E-state index is -4.74. The van der Waals surface area contributed by atoms with Crippen molar-refractivity contribution in [1.29, 1.82) is 5.26 Å². The Morgan fingerprint density at radius 2 is 1.83 bits per heavy atom. The smallest absolute Gasteiger partial charge is 0.335 e. The van der Waals surface area contributed by atoms with Gasteiger partial charge in [0.15, 0.2) is 0 Å². The molecule has 6 nitrogen and oxygen atoms in total. The highest BCUT2D eigenvalue weighted by Gasteiger charge is 2.39. The number of pyridine rings is 1. The van der Waals surface area contributed by atoms with Gasteiger partial charge in [-0.25, -0.2) is 12.8 Å². The van der Waals surface area contributed by atoms with Crippen LogP contribution in [0.25, 0.3) is 22.3 Å². The van der Waals surface area contributed by atoms with Crippen LogP contribution in [-0.4, -0.2) is 30.2 Å². The van der Waals surface area contributed by atoms with E-state index < -0.39 is 33.0 Å². The van der Waals surface area contributed by atoms with Gasteiger partial charge in [-0.1, -0.05) is 12.8 Å². The molecule has 1 fully saturated rings. The van der Waals surface area contributed by atoms with Crippen LogP contribution in [0.15, 0.2) is 29.3 Å². The molecule has 0 spiro atoms. The van der Waals surface area contributed by atoms with E-state index in [2.05, 4.69) is 11.1 Å². The van der Waals surface area contributed by atoms with Crippen molar-refractivity contribution in [2.75, 3.05) is 0 Å². The van der Waals surface area contributed by atoms with E-state index in [1.165, 1.54) is 12.1 Å². The molecule has 1 aromatic carbocycles. The van der Waals surface area contributed by atoms with E-state index in [1.807, 2.05) is 4.57 Å². The summed E-state index contributed by atoms with van der Waals surface area (Å²) in [6.07, 6.45) is -0.0349. The Morgan fingerprint density at radius 1 is 1.17 bits per heavy atom. The van der Waals surface area contributed by atoms with Crippen LogP contribution in [0.5, 0.6) is 0 Å². The van der Waals surface area contributed by atoms with E-state index in [0.29, 0.717) is 40.3 Å². The normalized spacial score (nSPS) is 16.1. The highest BCUT2D eigenvalue weighted by Crippen LogP contribution is 2.42. The molecule has 2 aromatic heterocycles. The van der Waals surface area contributed by atoms with Crippen LogP contribution in [0.1, 0.15) is 55.3 Å². The second-order valence-electron chi connectivity index (χ2n) is 8.98. The standard InChI is InChI=1S/C24H24F4N4O2S/c1-13-9-21-18(10-20(13)25)19(11-29)23(32(21)16-6-4-5-7-16)22-14(2)8-17(12-30-22)35(33,34)31-15(3)24(26,27)28/h8-10,12,15-16,31H,4-7H2,1-3H3. The Labute approximate surface area is 200 Å². The molecule has 2 heterocycles. The zero-order valence-electron chi connectivity index (χ0n) is 19.4. The molecule has 1 saturated carbocycles. The predicted molar refractivity (Wildman–Crippen MR) is 123 cm³/mol. The zero-order chi connectivity index (χ0) is 25.7. The number of nitrogens with zero attached hydrogens (tertiary/aromatic N) is 3. The molecular formula is C24H24F4N4O2S. The Hall–Kier alpha value is -2.97. The van der Waals surface area contributed by atoms with Crippen molar-refractivity contribution < 1.29 is 26.0 Å². The third-order valence-corrected chi connectivity index (χ3v) is 8.00. The van der Waals surface area contributed by atoms with Crippen LogP contribution in [0.2, 0.25) is 0 Å². The van der Waals surface area contributed by atoms with Crippen LogP contribution in [0, 0.1) is 31.0 Å². The van der Waals surface area contributed by atoms with Gasteiger partial charge in [-0.05, 0) is 62.9 Å². The van der Waals surface area contributed by atoms with Crippen LogP contribution in [0.4, 0.5) is 17.6 Å². The zero-order valence-corrected chi connectivity index (χ0v) is 20.2. The van der Waals surface area contributed by atoms with Crippen LogP contribution in [0.3, 0.4) is 0 Å². The summed E-state index contributed by atoms with van der Waals surface area (Å²) >= 11 is 0. The number of hydrogen-bond donors (Lipinski definition) is 1. The molecule has 1 N–H and O–H groups in total. The van der Waals surface area contributed by atoms with Crippen LogP contribution < -0.4 is 4.72 Å². The van der Waals surface area contributed by atoms with E-state index in [1.54, 1.807) is 24.6 Å². The summed E-state index contributed by atoms with van der Waals surface area (Å²) in [7, 11) is -4.50. The van der Waals surface area contributed by atoms with Gasteiger partial charge in [0.05, 0.1) is 22.5 Å². The Bertz CT molecular complexity index is 1450. The fourth-order valence-corrected chi connectivity index (χ4v) is 5.89. The van der Waals surface area contributed by atoms with Gasteiger partial charge in [-0.2, -0.15) is 23.2 Å². The van der Waals surface area contributed by atoms with Crippen molar-refractivity contribution in [1.82, 2.24) is 14.3 Å². The van der Waals surface area contributed by atoms with Gasteiger partial charge in [0.1, 0.15) is 22.8 Å². The summed E-state index contributed by atoms with van der Waals surface area (Å²) in [5.74, 6) is -0.444. The fourth-order valence-electron chi connectivity index (χ4n) is 4.63. The lowest BCUT2D eigenvalue weighted by molar-refractivity contribution is -0.147. The van der Waals surface area contributed by atoms with Gasteiger partial charge in [-0.15, -0.1) is 0 Å². The first kappa shape index (κ1) is 25.1. The summed E-state index contributed by atoms with van der Waals surface area (Å²) in [4.78, 5) is 3.88. The molecule has 0 amide bonds. The molecule has 186 valence electrons. The van der Waals surface area contributed by atoms with Crippen molar-refractivity contribution in [3.05, 3.63) is 46.9 Å². The largest absolute Gasteiger partial charge is 0.404 e. The van der Waals surface area contributed by atoms with E-state index in [9.17, 15) is 31.2 Å². The molecule has 3 aromatic rings. The minimum absolute atomic E-state index is 0.0540. The van der Waals surface area contributed by atoms with Crippen molar-refractivity contribution in [2.24, 2.45) is 0 Å². The molecular weight excluding hydrogens is 484 g/mol. The maximum atomic E-state index is 14.4. The van der Waals surface area contributed by atoms with Crippen molar-refractivity contribution >= 4 is 20.9 Å². The van der Waals surface area contributed by atoms with E-state index in [0.717, 1.165) is 31.9 Å². The molecule has 11 heteroatoms. The number of benzene rings is 1. The predicted octanol–water partition coefficient (Wildman–Crippen LogP) is 5.68. The third-order valence-electron chi connectivity index (χ3n) is 6.50. The number of aromatic nitrogens is 2. The van der Waals surface area contributed by atoms with Gasteiger partial charge in [0.2, 0.25) is 10.0 Å². The SMILES string of the molecule is Cc1cc2c(cc1F)c(C#N)c(-c1ncc(S(=O)(=O)NC(C)C(F)(F)F)cc1C)n2C1CCCC1. The first-order valence-corrected chi connectivity index (χ1v) is 12.6. The third kappa shape index (κ3) is 4.52. The molecule has 0 saturated heterocycles. The van der Waals surface area contributed by atoms with Crippen LogP contribution in [-0.2, 0) is 10.0 Å². The minimum Gasteiger partial charge on any atom is -0.335 e. The molecule has 0 aliphatic heterocycles. The Morgan fingerprint density at radius 3 is 2.40 bits per heavy atom. The van der Waals surface area contributed by atoms with E-state index >= 15 is 0 Å². The average Bonchev–Trinajstić information content (AvgIpc) is 3.39. The molecule has 1 unspecified atom stereocenters. The number of sulfonamides is 1. The topological polar surface area (TPSA) is 87.8 Å². The highest BCUT2D eigenvalue weighted by molar-refractivity contribution is 7.89. The summed E-state index contributed by atoms with van der Waals surface area (Å²) in [5, 5.41) is 10.5. The number of aryl methyl sites for hydroxylation is 2. The Balaban J connectivity index is 1.90. The van der Waals surface area contributed by atoms with Gasteiger partial charge in [-0.3, -0.25) is 4.98 Å². The van der Waals surface area contributed by atoms with Crippen LogP contribution >= 0.6 is 0 Å². The fraction of sp³-hybridized carbons (Fsp3) is 0.417. The average molecular weight is 509 g/mol. The Kier molecular flexibility index (Phi) is 6.40. The number of nitriles is 1.